The van der Waals surface area contributed by atoms with Crippen molar-refractivity contribution in [2.75, 3.05) is 19.6 Å². The number of likely N-dealkylation sites (tertiary alicyclic amines) is 2. The molecule has 0 aromatic carbocycles. The lowest BCUT2D eigenvalue weighted by Crippen LogP contribution is -2.51. The van der Waals surface area contributed by atoms with Gasteiger partial charge in [0.25, 0.3) is 0 Å². The van der Waals surface area contributed by atoms with Gasteiger partial charge in [0, 0.05) is 37.6 Å². The van der Waals surface area contributed by atoms with Crippen LogP contribution in [-0.4, -0.2) is 63.3 Å². The highest BCUT2D eigenvalue weighted by Gasteiger charge is 2.48. The standard InChI is InChI=1S/C11H13F3N4O.C2H6/c12-11(13,14)6-17-4-9-3-8(17)5-18(9)10(19)16-2-1-15-7-16;1-2/h1-2,7-9H,3-6H2;1-2H3/t8?,9-;/m0./s1. The minimum absolute atomic E-state index is 0.123. The molecule has 2 aliphatic heterocycles. The fourth-order valence-corrected chi connectivity index (χ4v) is 2.93. The molecule has 0 saturated carbocycles. The highest BCUT2D eigenvalue weighted by Crippen LogP contribution is 2.33. The van der Waals surface area contributed by atoms with Crippen LogP contribution in [0.3, 0.4) is 0 Å². The number of nitrogens with zero attached hydrogens (tertiary/aromatic N) is 4. The van der Waals surface area contributed by atoms with Crippen molar-refractivity contribution < 1.29 is 18.0 Å². The normalized spacial score (nSPS) is 24.9. The van der Waals surface area contributed by atoms with Crippen LogP contribution >= 0.6 is 0 Å². The number of amides is 1. The predicted octanol–water partition coefficient (Wildman–Crippen LogP) is 2.20. The van der Waals surface area contributed by atoms with Gasteiger partial charge in [-0.1, -0.05) is 13.8 Å². The van der Waals surface area contributed by atoms with Crippen LogP contribution in [0.5, 0.6) is 0 Å². The van der Waals surface area contributed by atoms with E-state index in [2.05, 4.69) is 4.98 Å². The van der Waals surface area contributed by atoms with Crippen molar-refractivity contribution in [3.05, 3.63) is 18.7 Å². The molecule has 5 nitrogen and oxygen atoms in total. The molecule has 1 aromatic rings. The van der Waals surface area contributed by atoms with Crippen LogP contribution in [0, 0.1) is 0 Å². The molecule has 2 aliphatic rings. The first-order chi connectivity index (χ1) is 9.94. The first kappa shape index (κ1) is 15.8. The summed E-state index contributed by atoms with van der Waals surface area (Å²) >= 11 is 0. The quantitative estimate of drug-likeness (QED) is 0.799. The molecule has 0 spiro atoms. The Morgan fingerprint density at radius 3 is 2.48 bits per heavy atom. The van der Waals surface area contributed by atoms with Crippen molar-refractivity contribution in [1.29, 1.82) is 0 Å². The van der Waals surface area contributed by atoms with Gasteiger partial charge in [0.05, 0.1) is 6.54 Å². The van der Waals surface area contributed by atoms with Crippen molar-refractivity contribution in [2.24, 2.45) is 0 Å². The number of carbonyl (C=O) groups is 1. The van der Waals surface area contributed by atoms with E-state index in [0.717, 1.165) is 0 Å². The van der Waals surface area contributed by atoms with Crippen LogP contribution in [0.1, 0.15) is 20.3 Å². The molecular formula is C13H19F3N4O. The number of carbonyl (C=O) groups excluding carboxylic acids is 1. The highest BCUT2D eigenvalue weighted by molar-refractivity contribution is 5.77. The van der Waals surface area contributed by atoms with Gasteiger partial charge in [0.1, 0.15) is 6.33 Å². The summed E-state index contributed by atoms with van der Waals surface area (Å²) in [6, 6.07) is -0.516. The molecule has 3 heterocycles. The number of piperazine rings is 1. The van der Waals surface area contributed by atoms with Crippen LogP contribution in [0.15, 0.2) is 18.7 Å². The lowest BCUT2D eigenvalue weighted by atomic mass is 10.2. The van der Waals surface area contributed by atoms with Gasteiger partial charge < -0.3 is 4.90 Å². The van der Waals surface area contributed by atoms with Crippen molar-refractivity contribution >= 4 is 6.03 Å². The number of imidazole rings is 1. The van der Waals surface area contributed by atoms with E-state index >= 15 is 0 Å². The smallest absolute Gasteiger partial charge is 0.318 e. The zero-order valence-corrected chi connectivity index (χ0v) is 12.0. The summed E-state index contributed by atoms with van der Waals surface area (Å²) in [5.74, 6) is 0. The van der Waals surface area contributed by atoms with Crippen molar-refractivity contribution in [1.82, 2.24) is 19.4 Å². The average molecular weight is 304 g/mol. The van der Waals surface area contributed by atoms with Gasteiger partial charge in [0.2, 0.25) is 0 Å². The largest absolute Gasteiger partial charge is 0.401 e. The SMILES string of the molecule is CC.O=C(N1CC2C[C@H]1CN2CC(F)(F)F)n1ccnc1. The maximum absolute atomic E-state index is 12.4. The monoisotopic (exact) mass is 304 g/mol. The molecule has 2 fully saturated rings. The number of hydrogen-bond acceptors (Lipinski definition) is 3. The third kappa shape index (κ3) is 3.37. The molecule has 21 heavy (non-hydrogen) atoms. The minimum atomic E-state index is -4.18. The lowest BCUT2D eigenvalue weighted by molar-refractivity contribution is -0.149. The predicted molar refractivity (Wildman–Crippen MR) is 70.9 cm³/mol. The van der Waals surface area contributed by atoms with Crippen LogP contribution in [0.4, 0.5) is 18.0 Å². The zero-order valence-electron chi connectivity index (χ0n) is 12.0. The number of hydrogen-bond donors (Lipinski definition) is 0. The first-order valence-corrected chi connectivity index (χ1v) is 7.04. The number of fused-ring (bicyclic) bond motifs is 2. The van der Waals surface area contributed by atoms with Crippen molar-refractivity contribution in [3.63, 3.8) is 0 Å². The Hall–Kier alpha value is -1.57. The Kier molecular flexibility index (Phi) is 4.55. The topological polar surface area (TPSA) is 41.4 Å². The fourth-order valence-electron chi connectivity index (χ4n) is 2.93. The molecule has 3 rings (SSSR count). The molecule has 0 aliphatic carbocycles. The maximum Gasteiger partial charge on any atom is 0.401 e. The molecule has 8 heteroatoms. The summed E-state index contributed by atoms with van der Waals surface area (Å²) in [5.41, 5.74) is 0. The molecule has 118 valence electrons. The third-order valence-electron chi connectivity index (χ3n) is 3.71. The second kappa shape index (κ2) is 6.05. The Morgan fingerprint density at radius 1 is 1.29 bits per heavy atom. The van der Waals surface area contributed by atoms with E-state index < -0.39 is 12.7 Å². The van der Waals surface area contributed by atoms with Gasteiger partial charge in [-0.2, -0.15) is 13.2 Å². The summed E-state index contributed by atoms with van der Waals surface area (Å²) < 4.78 is 38.5. The minimum Gasteiger partial charge on any atom is -0.318 e. The third-order valence-corrected chi connectivity index (χ3v) is 3.71. The second-order valence-electron chi connectivity index (χ2n) is 4.99. The van der Waals surface area contributed by atoms with Gasteiger partial charge in [-0.15, -0.1) is 0 Å². The highest BCUT2D eigenvalue weighted by atomic mass is 19.4. The van der Waals surface area contributed by atoms with E-state index in [1.165, 1.54) is 22.0 Å². The summed E-state index contributed by atoms with van der Waals surface area (Å²) in [5, 5.41) is 0. The maximum atomic E-state index is 12.4. The van der Waals surface area contributed by atoms with Gasteiger partial charge in [0.15, 0.2) is 0 Å². The van der Waals surface area contributed by atoms with Gasteiger partial charge >= 0.3 is 12.2 Å². The Balaban J connectivity index is 0.000000774. The second-order valence-corrected chi connectivity index (χ2v) is 4.99. The van der Waals surface area contributed by atoms with Gasteiger partial charge in [-0.05, 0) is 6.42 Å². The Morgan fingerprint density at radius 2 is 2.00 bits per heavy atom. The van der Waals surface area contributed by atoms with E-state index in [-0.39, 0.29) is 18.1 Å². The van der Waals surface area contributed by atoms with Crippen LogP contribution in [0.25, 0.3) is 0 Å². The summed E-state index contributed by atoms with van der Waals surface area (Å²) in [4.78, 5) is 19.0. The molecular weight excluding hydrogens is 285 g/mol. The molecule has 1 aromatic heterocycles. The van der Waals surface area contributed by atoms with Crippen LogP contribution in [-0.2, 0) is 0 Å². The molecule has 1 unspecified atom stereocenters. The fraction of sp³-hybridized carbons (Fsp3) is 0.692. The molecule has 1 amide bonds. The average Bonchev–Trinajstić information content (AvgIpc) is 3.14. The summed E-state index contributed by atoms with van der Waals surface area (Å²) in [7, 11) is 0. The van der Waals surface area contributed by atoms with E-state index in [4.69, 9.17) is 0 Å². The Labute approximate surface area is 121 Å². The van der Waals surface area contributed by atoms with E-state index in [1.54, 1.807) is 11.1 Å². The number of rotatable bonds is 1. The van der Waals surface area contributed by atoms with Gasteiger partial charge in [-0.3, -0.25) is 9.47 Å². The lowest BCUT2D eigenvalue weighted by Gasteiger charge is -2.34. The molecule has 2 atom stereocenters. The van der Waals surface area contributed by atoms with Gasteiger partial charge in [-0.25, -0.2) is 9.78 Å². The summed E-state index contributed by atoms with van der Waals surface area (Å²) in [6.07, 6.45) is 0.895. The van der Waals surface area contributed by atoms with Crippen LogP contribution < -0.4 is 0 Å². The summed E-state index contributed by atoms with van der Waals surface area (Å²) in [6.45, 7) is 3.77. The molecule has 0 radical (unpaired) electrons. The van der Waals surface area contributed by atoms with E-state index in [1.807, 2.05) is 13.8 Å². The number of halogens is 3. The van der Waals surface area contributed by atoms with E-state index in [9.17, 15) is 18.0 Å². The molecule has 0 N–H and O–H groups in total. The van der Waals surface area contributed by atoms with E-state index in [0.29, 0.717) is 19.5 Å². The van der Waals surface area contributed by atoms with Crippen LogP contribution in [0.2, 0.25) is 0 Å². The first-order valence-electron chi connectivity index (χ1n) is 7.04. The zero-order chi connectivity index (χ0) is 15.6. The van der Waals surface area contributed by atoms with Crippen molar-refractivity contribution in [2.45, 2.75) is 38.5 Å². The Bertz CT molecular complexity index is 474. The number of aromatic nitrogens is 2. The molecule has 2 saturated heterocycles. The van der Waals surface area contributed by atoms with Crippen molar-refractivity contribution in [3.8, 4) is 0 Å². The number of alkyl halides is 3. The molecule has 2 bridgehead atoms.